The normalized spacial score (nSPS) is 11.1. The molecule has 0 aliphatic carbocycles. The molecule has 0 bridgehead atoms. The molecular weight excluding hydrogens is 254 g/mol. The summed E-state index contributed by atoms with van der Waals surface area (Å²) in [4.78, 5) is 20.6. The molecule has 6 nitrogen and oxygen atoms in total. The van der Waals surface area contributed by atoms with Crippen molar-refractivity contribution in [3.63, 3.8) is 0 Å². The minimum Gasteiger partial charge on any atom is -0.297 e. The van der Waals surface area contributed by atoms with Crippen LogP contribution in [0.5, 0.6) is 0 Å². The second kappa shape index (κ2) is 5.24. The molecule has 3 aromatic heterocycles. The van der Waals surface area contributed by atoms with Crippen LogP contribution in [0, 0.1) is 0 Å². The molecule has 20 heavy (non-hydrogen) atoms. The maximum atomic E-state index is 12.2. The predicted molar refractivity (Wildman–Crippen MR) is 75.3 cm³/mol. The van der Waals surface area contributed by atoms with E-state index in [0.29, 0.717) is 17.6 Å². The number of aryl methyl sites for hydroxylation is 3. The van der Waals surface area contributed by atoms with Gasteiger partial charge in [0.1, 0.15) is 0 Å². The van der Waals surface area contributed by atoms with Gasteiger partial charge in [0.25, 0.3) is 5.56 Å². The highest BCUT2D eigenvalue weighted by Gasteiger charge is 2.04. The fraction of sp³-hybridized carbons (Fsp3) is 0.286. The molecule has 0 saturated heterocycles. The Morgan fingerprint density at radius 1 is 1.30 bits per heavy atom. The van der Waals surface area contributed by atoms with Crippen LogP contribution in [0.2, 0.25) is 0 Å². The molecule has 3 rings (SSSR count). The van der Waals surface area contributed by atoms with Gasteiger partial charge < -0.3 is 0 Å². The summed E-state index contributed by atoms with van der Waals surface area (Å²) in [6.45, 7) is 0.632. The molecule has 3 heterocycles. The summed E-state index contributed by atoms with van der Waals surface area (Å²) in [5.74, 6) is 0. The molecule has 0 saturated carbocycles. The van der Waals surface area contributed by atoms with E-state index in [2.05, 4.69) is 15.1 Å². The van der Waals surface area contributed by atoms with Crippen molar-refractivity contribution in [3.05, 3.63) is 53.0 Å². The van der Waals surface area contributed by atoms with Crippen molar-refractivity contribution in [3.8, 4) is 0 Å². The Morgan fingerprint density at radius 3 is 3.00 bits per heavy atom. The number of hydrogen-bond donors (Lipinski definition) is 0. The van der Waals surface area contributed by atoms with Gasteiger partial charge in [-0.2, -0.15) is 5.10 Å². The van der Waals surface area contributed by atoms with Gasteiger partial charge in [-0.25, -0.2) is 9.97 Å². The predicted octanol–water partition coefficient (Wildman–Crippen LogP) is 1.16. The topological polar surface area (TPSA) is 65.6 Å². The van der Waals surface area contributed by atoms with Crippen LogP contribution in [-0.2, 0) is 20.0 Å². The van der Waals surface area contributed by atoms with Gasteiger partial charge in [0.05, 0.1) is 18.0 Å². The summed E-state index contributed by atoms with van der Waals surface area (Å²) >= 11 is 0. The van der Waals surface area contributed by atoms with Gasteiger partial charge >= 0.3 is 0 Å². The highest BCUT2D eigenvalue weighted by molar-refractivity contribution is 5.71. The Balaban J connectivity index is 1.74. The van der Waals surface area contributed by atoms with E-state index in [0.717, 1.165) is 12.8 Å². The van der Waals surface area contributed by atoms with E-state index in [4.69, 9.17) is 0 Å². The first-order valence-corrected chi connectivity index (χ1v) is 6.52. The number of pyridine rings is 1. The van der Waals surface area contributed by atoms with Crippen molar-refractivity contribution in [2.24, 2.45) is 7.05 Å². The number of hydrogen-bond acceptors (Lipinski definition) is 4. The zero-order valence-corrected chi connectivity index (χ0v) is 11.2. The Bertz CT molecular complexity index is 789. The average molecular weight is 269 g/mol. The summed E-state index contributed by atoms with van der Waals surface area (Å²) in [5.41, 5.74) is 2.16. The van der Waals surface area contributed by atoms with E-state index in [1.165, 1.54) is 5.56 Å². The molecule has 0 aliphatic heterocycles. The Kier molecular flexibility index (Phi) is 3.28. The Morgan fingerprint density at radius 2 is 2.20 bits per heavy atom. The second-order valence-electron chi connectivity index (χ2n) is 4.74. The minimum atomic E-state index is -0.0817. The molecule has 102 valence electrons. The van der Waals surface area contributed by atoms with Gasteiger partial charge in [0.15, 0.2) is 5.52 Å². The lowest BCUT2D eigenvalue weighted by atomic mass is 10.2. The highest BCUT2D eigenvalue weighted by Crippen LogP contribution is 2.04. The second-order valence-corrected chi connectivity index (χ2v) is 4.74. The third kappa shape index (κ3) is 2.45. The summed E-state index contributed by atoms with van der Waals surface area (Å²) < 4.78 is 3.40. The van der Waals surface area contributed by atoms with E-state index in [1.807, 2.05) is 19.4 Å². The number of rotatable bonds is 4. The fourth-order valence-corrected chi connectivity index (χ4v) is 2.20. The lowest BCUT2D eigenvalue weighted by molar-refractivity contribution is 0.616. The van der Waals surface area contributed by atoms with Crippen LogP contribution in [0.3, 0.4) is 0 Å². The van der Waals surface area contributed by atoms with E-state index in [1.54, 1.807) is 33.9 Å². The molecule has 0 unspecified atom stereocenters. The fourth-order valence-electron chi connectivity index (χ4n) is 2.20. The lowest BCUT2D eigenvalue weighted by Crippen LogP contribution is -2.21. The van der Waals surface area contributed by atoms with Gasteiger partial charge in [-0.1, -0.05) is 0 Å². The minimum absolute atomic E-state index is 0.0817. The molecule has 0 aliphatic rings. The molecule has 0 radical (unpaired) electrons. The van der Waals surface area contributed by atoms with Crippen molar-refractivity contribution in [2.45, 2.75) is 19.4 Å². The van der Waals surface area contributed by atoms with Gasteiger partial charge in [-0.05, 0) is 30.5 Å². The highest BCUT2D eigenvalue weighted by atomic mass is 16.1. The zero-order valence-electron chi connectivity index (χ0n) is 11.2. The zero-order chi connectivity index (χ0) is 13.9. The number of nitrogens with zero attached hydrogens (tertiary/aromatic N) is 5. The maximum Gasteiger partial charge on any atom is 0.279 e. The number of aromatic nitrogens is 5. The van der Waals surface area contributed by atoms with Gasteiger partial charge in [-0.15, -0.1) is 0 Å². The first-order valence-electron chi connectivity index (χ1n) is 6.52. The number of fused-ring (bicyclic) bond motifs is 1. The van der Waals surface area contributed by atoms with Crippen LogP contribution in [0.1, 0.15) is 12.0 Å². The first kappa shape index (κ1) is 12.5. The largest absolute Gasteiger partial charge is 0.297 e. The summed E-state index contributed by atoms with van der Waals surface area (Å²) in [6, 6.07) is 3.57. The van der Waals surface area contributed by atoms with Crippen LogP contribution >= 0.6 is 0 Å². The smallest absolute Gasteiger partial charge is 0.279 e. The first-order chi connectivity index (χ1) is 9.74. The van der Waals surface area contributed by atoms with Crippen molar-refractivity contribution in [1.82, 2.24) is 24.3 Å². The maximum absolute atomic E-state index is 12.2. The van der Waals surface area contributed by atoms with Crippen molar-refractivity contribution in [1.29, 1.82) is 0 Å². The standard InChI is InChI=1S/C14H15N5O/c1-18-9-11(8-17-18)4-3-7-19-10-16-12-5-2-6-15-13(12)14(19)20/h2,5-6,8-10H,3-4,7H2,1H3. The third-order valence-corrected chi connectivity index (χ3v) is 3.21. The molecule has 6 heteroatoms. The summed E-state index contributed by atoms with van der Waals surface area (Å²) in [6.07, 6.45) is 8.80. The van der Waals surface area contributed by atoms with Crippen LogP contribution in [0.15, 0.2) is 41.8 Å². The molecule has 3 aromatic rings. The Hall–Kier alpha value is -2.50. The molecule has 0 spiro atoms. The summed E-state index contributed by atoms with van der Waals surface area (Å²) in [5, 5.41) is 4.13. The summed E-state index contributed by atoms with van der Waals surface area (Å²) in [7, 11) is 1.90. The van der Waals surface area contributed by atoms with E-state index < -0.39 is 0 Å². The molecule has 0 amide bonds. The van der Waals surface area contributed by atoms with Crippen LogP contribution in [0.4, 0.5) is 0 Å². The quantitative estimate of drug-likeness (QED) is 0.713. The average Bonchev–Trinajstić information content (AvgIpc) is 2.87. The van der Waals surface area contributed by atoms with Crippen LogP contribution in [0.25, 0.3) is 11.0 Å². The van der Waals surface area contributed by atoms with Crippen molar-refractivity contribution >= 4 is 11.0 Å². The monoisotopic (exact) mass is 269 g/mol. The van der Waals surface area contributed by atoms with Gasteiger partial charge in [0.2, 0.25) is 0 Å². The lowest BCUT2D eigenvalue weighted by Gasteiger charge is -2.05. The van der Waals surface area contributed by atoms with Crippen molar-refractivity contribution in [2.75, 3.05) is 0 Å². The van der Waals surface area contributed by atoms with E-state index in [9.17, 15) is 4.79 Å². The van der Waals surface area contributed by atoms with Crippen LogP contribution < -0.4 is 5.56 Å². The van der Waals surface area contributed by atoms with Crippen LogP contribution in [-0.4, -0.2) is 24.3 Å². The molecular formula is C14H15N5O. The SMILES string of the molecule is Cn1cc(CCCn2cnc3cccnc3c2=O)cn1. The molecule has 0 aromatic carbocycles. The third-order valence-electron chi connectivity index (χ3n) is 3.21. The van der Waals surface area contributed by atoms with Crippen molar-refractivity contribution < 1.29 is 0 Å². The van der Waals surface area contributed by atoms with Gasteiger partial charge in [0, 0.05) is 26.0 Å². The van der Waals surface area contributed by atoms with Gasteiger partial charge in [-0.3, -0.25) is 14.0 Å². The Labute approximate surface area is 115 Å². The molecule has 0 N–H and O–H groups in total. The molecule has 0 fully saturated rings. The van der Waals surface area contributed by atoms with E-state index >= 15 is 0 Å². The van der Waals surface area contributed by atoms with E-state index in [-0.39, 0.29) is 5.56 Å². The molecule has 0 atom stereocenters.